The molecule has 0 aliphatic carbocycles. The molecule has 5 heteroatoms. The van der Waals surface area contributed by atoms with Crippen molar-refractivity contribution in [3.05, 3.63) is 54.2 Å². The van der Waals surface area contributed by atoms with Crippen molar-refractivity contribution in [1.29, 1.82) is 0 Å². The third-order valence-electron chi connectivity index (χ3n) is 2.92. The highest BCUT2D eigenvalue weighted by Gasteiger charge is 2.11. The Morgan fingerprint density at radius 1 is 1.10 bits per heavy atom. The number of ketones is 1. The average Bonchev–Trinajstić information content (AvgIpc) is 2.54. The van der Waals surface area contributed by atoms with Gasteiger partial charge in [-0.05, 0) is 12.1 Å². The molecule has 0 fully saturated rings. The average molecular weight is 284 g/mol. The van der Waals surface area contributed by atoms with Gasteiger partial charge >= 0.3 is 0 Å². The Bertz CT molecular complexity index is 626. The maximum absolute atomic E-state index is 11.9. The number of rotatable bonds is 6. The van der Waals surface area contributed by atoms with Crippen LogP contribution in [0.15, 0.2) is 48.7 Å². The molecule has 1 heterocycles. The number of hydrogen-bond donors (Lipinski definition) is 1. The third-order valence-corrected chi connectivity index (χ3v) is 2.92. The van der Waals surface area contributed by atoms with Gasteiger partial charge in [-0.25, -0.2) is 4.98 Å². The van der Waals surface area contributed by atoms with Crippen LogP contribution >= 0.6 is 0 Å². The fraction of sp³-hybridized carbons (Fsp3) is 0.188. The summed E-state index contributed by atoms with van der Waals surface area (Å²) < 4.78 is 5.10. The van der Waals surface area contributed by atoms with Gasteiger partial charge in [0.2, 0.25) is 5.91 Å². The number of ether oxygens (including phenoxy) is 1. The molecular formula is C16H16N2O3. The topological polar surface area (TPSA) is 68.3 Å². The van der Waals surface area contributed by atoms with Crippen LogP contribution in [0.1, 0.15) is 23.2 Å². The van der Waals surface area contributed by atoms with Crippen molar-refractivity contribution in [2.75, 3.05) is 12.4 Å². The van der Waals surface area contributed by atoms with Gasteiger partial charge in [0.1, 0.15) is 0 Å². The summed E-state index contributed by atoms with van der Waals surface area (Å²) in [6.07, 6.45) is 1.83. The summed E-state index contributed by atoms with van der Waals surface area (Å²) >= 11 is 0. The predicted octanol–water partition coefficient (Wildman–Crippen LogP) is 2.69. The van der Waals surface area contributed by atoms with E-state index >= 15 is 0 Å². The molecule has 0 bridgehead atoms. The first-order valence-corrected chi connectivity index (χ1v) is 6.58. The normalized spacial score (nSPS) is 9.95. The molecule has 0 saturated carbocycles. The van der Waals surface area contributed by atoms with Crippen LogP contribution in [0.2, 0.25) is 0 Å². The van der Waals surface area contributed by atoms with Gasteiger partial charge in [0.05, 0.1) is 7.11 Å². The summed E-state index contributed by atoms with van der Waals surface area (Å²) in [4.78, 5) is 27.8. The Morgan fingerprint density at radius 3 is 2.57 bits per heavy atom. The molecule has 5 nitrogen and oxygen atoms in total. The molecule has 0 spiro atoms. The molecule has 0 aliphatic heterocycles. The number of benzene rings is 1. The summed E-state index contributed by atoms with van der Waals surface area (Å²) in [5.74, 6) is 0.521. The lowest BCUT2D eigenvalue weighted by Gasteiger charge is -2.08. The number of hydrogen-bond acceptors (Lipinski definition) is 4. The second-order valence-electron chi connectivity index (χ2n) is 4.39. The lowest BCUT2D eigenvalue weighted by molar-refractivity contribution is -0.116. The van der Waals surface area contributed by atoms with Crippen LogP contribution in [0.4, 0.5) is 5.82 Å². The number of pyridine rings is 1. The molecule has 1 aromatic heterocycles. The zero-order chi connectivity index (χ0) is 15.1. The highest BCUT2D eigenvalue weighted by molar-refractivity contribution is 6.00. The van der Waals surface area contributed by atoms with E-state index in [0.717, 1.165) is 0 Å². The first kappa shape index (κ1) is 14.7. The second-order valence-corrected chi connectivity index (χ2v) is 4.39. The fourth-order valence-corrected chi connectivity index (χ4v) is 1.84. The lowest BCUT2D eigenvalue weighted by atomic mass is 10.1. The van der Waals surface area contributed by atoms with Gasteiger partial charge in [0.25, 0.3) is 0 Å². The minimum Gasteiger partial charge on any atom is -0.493 e. The minimum atomic E-state index is -0.267. The van der Waals surface area contributed by atoms with E-state index in [1.165, 1.54) is 7.11 Å². The highest BCUT2D eigenvalue weighted by Crippen LogP contribution is 2.20. The number of carbonyl (C=O) groups excluding carboxylic acids is 2. The van der Waals surface area contributed by atoms with Gasteiger partial charge < -0.3 is 10.1 Å². The van der Waals surface area contributed by atoms with E-state index in [1.54, 1.807) is 42.6 Å². The van der Waals surface area contributed by atoms with Crippen LogP contribution in [0.3, 0.4) is 0 Å². The van der Waals surface area contributed by atoms with E-state index < -0.39 is 0 Å². The zero-order valence-corrected chi connectivity index (χ0v) is 11.7. The number of nitrogens with one attached hydrogen (secondary N) is 1. The van der Waals surface area contributed by atoms with Crippen LogP contribution < -0.4 is 10.1 Å². The lowest BCUT2D eigenvalue weighted by Crippen LogP contribution is -2.15. The number of methoxy groups -OCH3 is 1. The molecule has 108 valence electrons. The van der Waals surface area contributed by atoms with E-state index in [9.17, 15) is 9.59 Å². The molecule has 1 aromatic carbocycles. The van der Waals surface area contributed by atoms with Crippen LogP contribution in [-0.4, -0.2) is 23.8 Å². The maximum Gasteiger partial charge on any atom is 0.226 e. The maximum atomic E-state index is 11.9. The molecule has 21 heavy (non-hydrogen) atoms. The van der Waals surface area contributed by atoms with Crippen molar-refractivity contribution >= 4 is 17.5 Å². The van der Waals surface area contributed by atoms with Gasteiger partial charge in [0.15, 0.2) is 17.4 Å². The number of amides is 1. The van der Waals surface area contributed by atoms with E-state index in [4.69, 9.17) is 4.74 Å². The molecule has 1 N–H and O–H groups in total. The number of anilines is 1. The first-order valence-electron chi connectivity index (χ1n) is 6.58. The van der Waals surface area contributed by atoms with Gasteiger partial charge in [-0.2, -0.15) is 0 Å². The van der Waals surface area contributed by atoms with E-state index in [1.807, 2.05) is 6.07 Å². The number of Topliss-reactive ketones (excluding diaryl/α,β-unsaturated/α-hetero) is 1. The van der Waals surface area contributed by atoms with Crippen molar-refractivity contribution in [3.8, 4) is 5.75 Å². The van der Waals surface area contributed by atoms with Crippen LogP contribution in [-0.2, 0) is 4.79 Å². The largest absolute Gasteiger partial charge is 0.493 e. The molecule has 1 amide bonds. The van der Waals surface area contributed by atoms with E-state index in [-0.39, 0.29) is 24.5 Å². The van der Waals surface area contributed by atoms with Crippen LogP contribution in [0, 0.1) is 0 Å². The summed E-state index contributed by atoms with van der Waals surface area (Å²) in [7, 11) is 1.51. The van der Waals surface area contributed by atoms with Crippen molar-refractivity contribution in [2.45, 2.75) is 12.8 Å². The number of carbonyl (C=O) groups is 2. The summed E-state index contributed by atoms with van der Waals surface area (Å²) in [5, 5.41) is 2.64. The van der Waals surface area contributed by atoms with Crippen LogP contribution in [0.25, 0.3) is 0 Å². The summed E-state index contributed by atoms with van der Waals surface area (Å²) in [6, 6.07) is 12.3. The minimum absolute atomic E-state index is 0.0567. The van der Waals surface area contributed by atoms with Crippen molar-refractivity contribution in [2.24, 2.45) is 0 Å². The van der Waals surface area contributed by atoms with Crippen LogP contribution in [0.5, 0.6) is 5.75 Å². The van der Waals surface area contributed by atoms with Crippen molar-refractivity contribution < 1.29 is 14.3 Å². The zero-order valence-electron chi connectivity index (χ0n) is 11.7. The van der Waals surface area contributed by atoms with Gasteiger partial charge in [-0.15, -0.1) is 0 Å². The molecule has 2 rings (SSSR count). The van der Waals surface area contributed by atoms with E-state index in [0.29, 0.717) is 17.1 Å². The molecule has 0 radical (unpaired) electrons. The molecular weight excluding hydrogens is 268 g/mol. The first-order chi connectivity index (χ1) is 10.2. The third kappa shape index (κ3) is 4.14. The second kappa shape index (κ2) is 7.19. The van der Waals surface area contributed by atoms with Crippen molar-refractivity contribution in [1.82, 2.24) is 4.98 Å². The monoisotopic (exact) mass is 284 g/mol. The molecule has 0 aliphatic rings. The van der Waals surface area contributed by atoms with E-state index in [2.05, 4.69) is 10.3 Å². The van der Waals surface area contributed by atoms with Crippen molar-refractivity contribution in [3.63, 3.8) is 0 Å². The molecule has 0 saturated heterocycles. The summed E-state index contributed by atoms with van der Waals surface area (Å²) in [5.41, 5.74) is 0.612. The summed E-state index contributed by atoms with van der Waals surface area (Å²) in [6.45, 7) is 0. The smallest absolute Gasteiger partial charge is 0.226 e. The molecule has 0 unspecified atom stereocenters. The Balaban J connectivity index is 1.89. The molecule has 2 aromatic rings. The Hall–Kier alpha value is -2.69. The highest BCUT2D eigenvalue weighted by atomic mass is 16.5. The fourth-order valence-electron chi connectivity index (χ4n) is 1.84. The Kier molecular flexibility index (Phi) is 5.04. The quantitative estimate of drug-likeness (QED) is 0.828. The standard InChI is InChI=1S/C16H16N2O3/c1-21-14-8-5-11-17-16(14)18-15(20)10-9-13(19)12-6-3-2-4-7-12/h2-8,11H,9-10H2,1H3,(H,17,18,20). The number of nitrogens with zero attached hydrogens (tertiary/aromatic N) is 1. The van der Waals surface area contributed by atoms with Gasteiger partial charge in [-0.1, -0.05) is 30.3 Å². The Labute approximate surface area is 123 Å². The van der Waals surface area contributed by atoms with Gasteiger partial charge in [0, 0.05) is 24.6 Å². The Morgan fingerprint density at radius 2 is 1.86 bits per heavy atom. The SMILES string of the molecule is COc1cccnc1NC(=O)CCC(=O)c1ccccc1. The predicted molar refractivity (Wildman–Crippen MR) is 79.4 cm³/mol. The van der Waals surface area contributed by atoms with Gasteiger partial charge in [-0.3, -0.25) is 9.59 Å². The number of aromatic nitrogens is 1. The molecule has 0 atom stereocenters.